The van der Waals surface area contributed by atoms with Crippen LogP contribution < -0.4 is 0 Å². The Morgan fingerprint density at radius 1 is 0.254 bits per heavy atom. The lowest BCUT2D eigenvalue weighted by Crippen LogP contribution is -2.00. The van der Waals surface area contributed by atoms with Gasteiger partial charge in [0, 0.05) is 49.5 Å². The molecule has 0 aliphatic rings. The van der Waals surface area contributed by atoms with Crippen LogP contribution in [0.4, 0.5) is 0 Å². The molecule has 0 aliphatic heterocycles. The molecule has 3 aromatic heterocycles. The largest absolute Gasteiger partial charge is 0.309 e. The monoisotopic (exact) mass is 803 g/mol. The lowest BCUT2D eigenvalue weighted by molar-refractivity contribution is 1.07. The molecular formula is C58H37N5. The highest BCUT2D eigenvalue weighted by atomic mass is 15.0. The van der Waals surface area contributed by atoms with E-state index in [-0.39, 0.29) is 0 Å². The second kappa shape index (κ2) is 15.2. The molecule has 0 unspecified atom stereocenters. The van der Waals surface area contributed by atoms with Crippen LogP contribution in [-0.2, 0) is 0 Å². The Morgan fingerprint density at radius 2 is 0.714 bits per heavy atom. The first-order chi connectivity index (χ1) is 31.2. The fourth-order valence-electron chi connectivity index (χ4n) is 8.97. The number of pyridine rings is 1. The van der Waals surface area contributed by atoms with Crippen molar-refractivity contribution in [2.24, 2.45) is 0 Å². The molecule has 0 bridgehead atoms. The van der Waals surface area contributed by atoms with Gasteiger partial charge in [0.2, 0.25) is 0 Å². The third-order valence-corrected chi connectivity index (χ3v) is 12.0. The van der Waals surface area contributed by atoms with E-state index < -0.39 is 0 Å². The molecule has 0 N–H and O–H groups in total. The Bertz CT molecular complexity index is 3600. The molecule has 294 valence electrons. The number of hydrogen-bond acceptors (Lipinski definition) is 4. The van der Waals surface area contributed by atoms with Crippen LogP contribution in [0.1, 0.15) is 0 Å². The predicted molar refractivity (Wildman–Crippen MR) is 260 cm³/mol. The van der Waals surface area contributed by atoms with E-state index in [1.54, 1.807) is 0 Å². The van der Waals surface area contributed by atoms with Crippen LogP contribution in [0.25, 0.3) is 117 Å². The minimum atomic E-state index is 0.632. The number of aromatic nitrogens is 5. The summed E-state index contributed by atoms with van der Waals surface area (Å²) in [5, 5.41) is 5.83. The van der Waals surface area contributed by atoms with Crippen LogP contribution in [0, 0.1) is 0 Å². The fraction of sp³-hybridized carbons (Fsp3) is 0. The number of nitrogens with zero attached hydrogens (tertiary/aromatic N) is 5. The van der Waals surface area contributed by atoms with Gasteiger partial charge in [0.05, 0.1) is 22.2 Å². The van der Waals surface area contributed by atoms with Gasteiger partial charge in [0.25, 0.3) is 0 Å². The van der Waals surface area contributed by atoms with Crippen molar-refractivity contribution in [2.75, 3.05) is 0 Å². The van der Waals surface area contributed by atoms with Crippen molar-refractivity contribution in [1.82, 2.24) is 24.5 Å². The van der Waals surface area contributed by atoms with E-state index in [0.29, 0.717) is 17.5 Å². The molecule has 63 heavy (non-hydrogen) atoms. The molecule has 0 spiro atoms. The van der Waals surface area contributed by atoms with Gasteiger partial charge in [0.1, 0.15) is 0 Å². The number of para-hydroxylation sites is 1. The van der Waals surface area contributed by atoms with E-state index in [9.17, 15) is 0 Å². The molecule has 0 fully saturated rings. The number of fused-ring (bicyclic) bond motifs is 6. The lowest BCUT2D eigenvalue weighted by atomic mass is 9.97. The molecular weight excluding hydrogens is 767 g/mol. The summed E-state index contributed by atoms with van der Waals surface area (Å²) in [5.74, 6) is 1.92. The van der Waals surface area contributed by atoms with Gasteiger partial charge >= 0.3 is 0 Å². The van der Waals surface area contributed by atoms with Crippen molar-refractivity contribution in [2.45, 2.75) is 0 Å². The normalized spacial score (nSPS) is 11.5. The minimum absolute atomic E-state index is 0.632. The quantitative estimate of drug-likeness (QED) is 0.151. The third-order valence-electron chi connectivity index (χ3n) is 12.0. The molecule has 12 aromatic rings. The summed E-state index contributed by atoms with van der Waals surface area (Å²) in [6, 6.07) is 78.8. The van der Waals surface area contributed by atoms with Crippen molar-refractivity contribution in [3.8, 4) is 73.4 Å². The second-order valence-corrected chi connectivity index (χ2v) is 15.9. The molecule has 5 nitrogen and oxygen atoms in total. The lowest BCUT2D eigenvalue weighted by Gasteiger charge is -2.12. The molecule has 0 aliphatic carbocycles. The maximum atomic E-state index is 5.36. The summed E-state index contributed by atoms with van der Waals surface area (Å²) >= 11 is 0. The first-order valence-electron chi connectivity index (χ1n) is 21.2. The standard InChI is InChI=1S/C58H37N5/c1-5-17-38(18-6-1)55-49-30-14-13-29-47(49)50-37-54-51(36-52(50)59-55)48-32-31-44(35-53(48)63(54)46-27-11-4-12-28-46)42-24-15-23-41(33-42)43-25-16-26-45(34-43)58-61-56(39-19-7-2-8-20-39)60-57(62-58)40-21-9-3-10-22-40/h1-37H. The van der Waals surface area contributed by atoms with E-state index in [1.165, 1.54) is 16.2 Å². The predicted octanol–water partition coefficient (Wildman–Crippen LogP) is 14.7. The average molecular weight is 804 g/mol. The van der Waals surface area contributed by atoms with Crippen molar-refractivity contribution in [1.29, 1.82) is 0 Å². The Hall–Kier alpha value is -8.54. The summed E-state index contributed by atoms with van der Waals surface area (Å²) in [5.41, 5.74) is 13.8. The van der Waals surface area contributed by atoms with Gasteiger partial charge in [-0.05, 0) is 70.1 Å². The van der Waals surface area contributed by atoms with Gasteiger partial charge in [-0.2, -0.15) is 0 Å². The summed E-state index contributed by atoms with van der Waals surface area (Å²) in [4.78, 5) is 20.3. The first-order valence-corrected chi connectivity index (χ1v) is 21.2. The maximum Gasteiger partial charge on any atom is 0.164 e. The van der Waals surface area contributed by atoms with Crippen molar-refractivity contribution < 1.29 is 0 Å². The van der Waals surface area contributed by atoms with Gasteiger partial charge in [-0.1, -0.05) is 182 Å². The minimum Gasteiger partial charge on any atom is -0.309 e. The van der Waals surface area contributed by atoms with E-state index in [1.807, 2.05) is 60.7 Å². The Kier molecular flexibility index (Phi) is 8.75. The molecule has 9 aromatic carbocycles. The van der Waals surface area contributed by atoms with Crippen molar-refractivity contribution in [3.05, 3.63) is 224 Å². The maximum absolute atomic E-state index is 5.36. The number of benzene rings is 9. The Morgan fingerprint density at radius 3 is 1.33 bits per heavy atom. The van der Waals surface area contributed by atoms with E-state index in [0.717, 1.165) is 83.2 Å². The molecule has 0 amide bonds. The molecule has 3 heterocycles. The zero-order valence-electron chi connectivity index (χ0n) is 34.1. The van der Waals surface area contributed by atoms with Crippen LogP contribution >= 0.6 is 0 Å². The van der Waals surface area contributed by atoms with Gasteiger partial charge in [-0.3, -0.25) is 0 Å². The highest BCUT2D eigenvalue weighted by Crippen LogP contribution is 2.40. The van der Waals surface area contributed by atoms with Crippen LogP contribution in [0.3, 0.4) is 0 Å². The average Bonchev–Trinajstić information content (AvgIpc) is 3.69. The molecule has 0 saturated carbocycles. The van der Waals surface area contributed by atoms with Gasteiger partial charge in [-0.25, -0.2) is 19.9 Å². The summed E-state index contributed by atoms with van der Waals surface area (Å²) in [7, 11) is 0. The van der Waals surface area contributed by atoms with Gasteiger partial charge < -0.3 is 4.57 Å². The van der Waals surface area contributed by atoms with Crippen LogP contribution in [0.5, 0.6) is 0 Å². The SMILES string of the molecule is c1ccc(-c2nc(-c3ccccc3)nc(-c3cccc(-c4cccc(-c5ccc6c7cc8nc(-c9ccccc9)c9ccccc9c8cc7n(-c7ccccc7)c6c5)c4)c3)n2)cc1. The molecule has 0 atom stereocenters. The zero-order chi connectivity index (χ0) is 41.7. The van der Waals surface area contributed by atoms with Crippen LogP contribution in [-0.4, -0.2) is 24.5 Å². The van der Waals surface area contributed by atoms with Gasteiger partial charge in [0.15, 0.2) is 17.5 Å². The Balaban J connectivity index is 0.985. The third kappa shape index (κ3) is 6.51. The summed E-state index contributed by atoms with van der Waals surface area (Å²) < 4.78 is 2.41. The fourth-order valence-corrected chi connectivity index (χ4v) is 8.97. The van der Waals surface area contributed by atoms with Crippen LogP contribution in [0.15, 0.2) is 224 Å². The van der Waals surface area contributed by atoms with E-state index in [4.69, 9.17) is 19.9 Å². The Labute approximate surface area is 364 Å². The molecule has 5 heteroatoms. The highest BCUT2D eigenvalue weighted by molar-refractivity contribution is 6.19. The topological polar surface area (TPSA) is 56.5 Å². The molecule has 0 radical (unpaired) electrons. The number of hydrogen-bond donors (Lipinski definition) is 0. The first kappa shape index (κ1) is 36.3. The molecule has 12 rings (SSSR count). The van der Waals surface area contributed by atoms with Crippen molar-refractivity contribution >= 4 is 43.5 Å². The second-order valence-electron chi connectivity index (χ2n) is 15.9. The smallest absolute Gasteiger partial charge is 0.164 e. The van der Waals surface area contributed by atoms with Gasteiger partial charge in [-0.15, -0.1) is 0 Å². The zero-order valence-corrected chi connectivity index (χ0v) is 34.1. The summed E-state index contributed by atoms with van der Waals surface area (Å²) in [6.45, 7) is 0. The number of rotatable bonds is 7. The summed E-state index contributed by atoms with van der Waals surface area (Å²) in [6.07, 6.45) is 0. The van der Waals surface area contributed by atoms with E-state index >= 15 is 0 Å². The molecule has 0 saturated heterocycles. The van der Waals surface area contributed by atoms with Crippen molar-refractivity contribution in [3.63, 3.8) is 0 Å². The van der Waals surface area contributed by atoms with Crippen LogP contribution in [0.2, 0.25) is 0 Å². The highest BCUT2D eigenvalue weighted by Gasteiger charge is 2.19. The van der Waals surface area contributed by atoms with E-state index in [2.05, 4.69) is 168 Å².